The minimum atomic E-state index is 0.450. The van der Waals surface area contributed by atoms with Crippen LogP contribution in [0.4, 0.5) is 0 Å². The quantitative estimate of drug-likeness (QED) is 0.867. The standard InChI is InChI=1S/C17H19N3O/c1-13-10-14(4-7-18)2-3-17(13)15-11-19-20(12-15)16-5-8-21-9-6-16/h2-3,10-12,16H,4-6,8-9H2,1H3. The van der Waals surface area contributed by atoms with Gasteiger partial charge in [0, 0.05) is 25.0 Å². The molecule has 0 spiro atoms. The van der Waals surface area contributed by atoms with Crippen LogP contribution < -0.4 is 0 Å². The number of aryl methyl sites for hydroxylation is 1. The second-order valence-corrected chi connectivity index (χ2v) is 5.54. The van der Waals surface area contributed by atoms with Gasteiger partial charge in [0.05, 0.1) is 24.7 Å². The molecule has 1 saturated heterocycles. The Bertz CT molecular complexity index is 663. The number of nitrogens with zero attached hydrogens (tertiary/aromatic N) is 3. The van der Waals surface area contributed by atoms with Gasteiger partial charge in [-0.05, 0) is 36.5 Å². The van der Waals surface area contributed by atoms with E-state index in [9.17, 15) is 0 Å². The Labute approximate surface area is 125 Å². The van der Waals surface area contributed by atoms with Gasteiger partial charge in [-0.15, -0.1) is 0 Å². The third kappa shape index (κ3) is 2.98. The van der Waals surface area contributed by atoms with Gasteiger partial charge in [0.15, 0.2) is 0 Å². The van der Waals surface area contributed by atoms with Gasteiger partial charge in [-0.3, -0.25) is 4.68 Å². The molecule has 108 valence electrons. The van der Waals surface area contributed by atoms with Gasteiger partial charge in [-0.25, -0.2) is 0 Å². The molecule has 2 aromatic rings. The molecule has 0 aliphatic carbocycles. The van der Waals surface area contributed by atoms with Crippen molar-refractivity contribution in [3.8, 4) is 17.2 Å². The Hall–Kier alpha value is -2.12. The van der Waals surface area contributed by atoms with Crippen LogP contribution in [0.1, 0.15) is 30.0 Å². The smallest absolute Gasteiger partial charge is 0.0669 e. The van der Waals surface area contributed by atoms with E-state index in [2.05, 4.69) is 41.1 Å². The number of benzene rings is 1. The summed E-state index contributed by atoms with van der Waals surface area (Å²) in [4.78, 5) is 0. The van der Waals surface area contributed by atoms with Crippen LogP contribution in [0.15, 0.2) is 30.6 Å². The van der Waals surface area contributed by atoms with E-state index in [1.165, 1.54) is 11.1 Å². The number of aromatic nitrogens is 2. The minimum Gasteiger partial charge on any atom is -0.381 e. The Kier molecular flexibility index (Phi) is 4.03. The van der Waals surface area contributed by atoms with Crippen molar-refractivity contribution < 1.29 is 4.74 Å². The highest BCUT2D eigenvalue weighted by Crippen LogP contribution is 2.27. The predicted octanol–water partition coefficient (Wildman–Crippen LogP) is 3.28. The summed E-state index contributed by atoms with van der Waals surface area (Å²) in [7, 11) is 0. The second-order valence-electron chi connectivity index (χ2n) is 5.54. The molecule has 0 saturated carbocycles. The van der Waals surface area contributed by atoms with E-state index in [0.29, 0.717) is 12.5 Å². The van der Waals surface area contributed by atoms with Crippen molar-refractivity contribution in [1.29, 1.82) is 5.26 Å². The van der Waals surface area contributed by atoms with Crippen molar-refractivity contribution in [2.45, 2.75) is 32.2 Å². The van der Waals surface area contributed by atoms with E-state index in [0.717, 1.165) is 37.2 Å². The molecule has 4 nitrogen and oxygen atoms in total. The van der Waals surface area contributed by atoms with E-state index >= 15 is 0 Å². The third-order valence-electron chi connectivity index (χ3n) is 4.05. The molecule has 4 heteroatoms. The van der Waals surface area contributed by atoms with E-state index in [1.54, 1.807) is 0 Å². The van der Waals surface area contributed by atoms with E-state index in [-0.39, 0.29) is 0 Å². The lowest BCUT2D eigenvalue weighted by molar-refractivity contribution is 0.0662. The fourth-order valence-electron chi connectivity index (χ4n) is 2.88. The highest BCUT2D eigenvalue weighted by Gasteiger charge is 2.17. The summed E-state index contributed by atoms with van der Waals surface area (Å²) in [6, 6.07) is 8.84. The number of hydrogen-bond donors (Lipinski definition) is 0. The van der Waals surface area contributed by atoms with Crippen molar-refractivity contribution in [1.82, 2.24) is 9.78 Å². The van der Waals surface area contributed by atoms with Crippen molar-refractivity contribution in [3.63, 3.8) is 0 Å². The number of rotatable bonds is 3. The average molecular weight is 281 g/mol. The zero-order valence-corrected chi connectivity index (χ0v) is 12.2. The van der Waals surface area contributed by atoms with E-state index < -0.39 is 0 Å². The molecule has 2 heterocycles. The summed E-state index contributed by atoms with van der Waals surface area (Å²) in [5, 5.41) is 13.3. The Balaban J connectivity index is 1.84. The zero-order chi connectivity index (χ0) is 14.7. The molecule has 0 N–H and O–H groups in total. The van der Waals surface area contributed by atoms with Crippen molar-refractivity contribution in [3.05, 3.63) is 41.7 Å². The molecular weight excluding hydrogens is 262 g/mol. The normalized spacial score (nSPS) is 15.8. The van der Waals surface area contributed by atoms with Crippen LogP contribution in [0.3, 0.4) is 0 Å². The van der Waals surface area contributed by atoms with E-state index in [4.69, 9.17) is 10.00 Å². The topological polar surface area (TPSA) is 50.8 Å². The van der Waals surface area contributed by atoms with Gasteiger partial charge in [0.1, 0.15) is 0 Å². The molecular formula is C17H19N3O. The fraction of sp³-hybridized carbons (Fsp3) is 0.412. The van der Waals surface area contributed by atoms with Crippen LogP contribution in [-0.4, -0.2) is 23.0 Å². The summed E-state index contributed by atoms with van der Waals surface area (Å²) in [6.07, 6.45) is 6.58. The first-order chi connectivity index (χ1) is 10.3. The maximum atomic E-state index is 8.77. The predicted molar refractivity (Wildman–Crippen MR) is 80.8 cm³/mol. The summed E-state index contributed by atoms with van der Waals surface area (Å²) >= 11 is 0. The maximum Gasteiger partial charge on any atom is 0.0669 e. The van der Waals surface area contributed by atoms with Gasteiger partial charge in [-0.1, -0.05) is 18.2 Å². The first-order valence-corrected chi connectivity index (χ1v) is 7.36. The van der Waals surface area contributed by atoms with Crippen LogP contribution in [-0.2, 0) is 11.2 Å². The monoisotopic (exact) mass is 281 g/mol. The van der Waals surface area contributed by atoms with Gasteiger partial charge in [-0.2, -0.15) is 10.4 Å². The first-order valence-electron chi connectivity index (χ1n) is 7.36. The molecule has 0 radical (unpaired) electrons. The molecule has 0 bridgehead atoms. The summed E-state index contributed by atoms with van der Waals surface area (Å²) in [5.41, 5.74) is 4.59. The largest absolute Gasteiger partial charge is 0.381 e. The van der Waals surface area contributed by atoms with Crippen LogP contribution in [0, 0.1) is 18.3 Å². The van der Waals surface area contributed by atoms with Gasteiger partial charge < -0.3 is 4.74 Å². The number of nitriles is 1. The minimum absolute atomic E-state index is 0.450. The molecule has 0 amide bonds. The average Bonchev–Trinajstić information content (AvgIpc) is 2.98. The lowest BCUT2D eigenvalue weighted by Gasteiger charge is -2.22. The molecule has 0 unspecified atom stereocenters. The Morgan fingerprint density at radius 2 is 2.19 bits per heavy atom. The molecule has 1 aliphatic rings. The molecule has 1 aromatic heterocycles. The highest BCUT2D eigenvalue weighted by molar-refractivity contribution is 5.66. The lowest BCUT2D eigenvalue weighted by Crippen LogP contribution is -2.19. The molecule has 1 fully saturated rings. The third-order valence-corrected chi connectivity index (χ3v) is 4.05. The summed E-state index contributed by atoms with van der Waals surface area (Å²) < 4.78 is 7.47. The van der Waals surface area contributed by atoms with Crippen molar-refractivity contribution >= 4 is 0 Å². The SMILES string of the molecule is Cc1cc(CC#N)ccc1-c1cnn(C2CCOCC2)c1. The van der Waals surface area contributed by atoms with Crippen LogP contribution >= 0.6 is 0 Å². The maximum absolute atomic E-state index is 8.77. The highest BCUT2D eigenvalue weighted by atomic mass is 16.5. The molecule has 21 heavy (non-hydrogen) atoms. The molecule has 0 atom stereocenters. The van der Waals surface area contributed by atoms with Crippen LogP contribution in [0.25, 0.3) is 11.1 Å². The second kappa shape index (κ2) is 6.11. The van der Waals surface area contributed by atoms with Crippen molar-refractivity contribution in [2.24, 2.45) is 0 Å². The number of ether oxygens (including phenoxy) is 1. The lowest BCUT2D eigenvalue weighted by atomic mass is 10.00. The van der Waals surface area contributed by atoms with Crippen LogP contribution in [0.5, 0.6) is 0 Å². The molecule has 3 rings (SSSR count). The number of hydrogen-bond acceptors (Lipinski definition) is 3. The van der Waals surface area contributed by atoms with Gasteiger partial charge in [0.2, 0.25) is 0 Å². The van der Waals surface area contributed by atoms with Gasteiger partial charge >= 0.3 is 0 Å². The Morgan fingerprint density at radius 3 is 2.90 bits per heavy atom. The molecule has 1 aliphatic heterocycles. The first kappa shape index (κ1) is 13.8. The van der Waals surface area contributed by atoms with Crippen LogP contribution in [0.2, 0.25) is 0 Å². The Morgan fingerprint density at radius 1 is 1.38 bits per heavy atom. The zero-order valence-electron chi connectivity index (χ0n) is 12.2. The van der Waals surface area contributed by atoms with Crippen molar-refractivity contribution in [2.75, 3.05) is 13.2 Å². The van der Waals surface area contributed by atoms with E-state index in [1.807, 2.05) is 12.3 Å². The summed E-state index contributed by atoms with van der Waals surface area (Å²) in [5.74, 6) is 0. The fourth-order valence-corrected chi connectivity index (χ4v) is 2.88. The van der Waals surface area contributed by atoms with Gasteiger partial charge in [0.25, 0.3) is 0 Å². The summed E-state index contributed by atoms with van der Waals surface area (Å²) in [6.45, 7) is 3.73. The molecule has 1 aromatic carbocycles.